The van der Waals surface area contributed by atoms with Gasteiger partial charge >= 0.3 is 0 Å². The predicted molar refractivity (Wildman–Crippen MR) is 88.2 cm³/mol. The molecule has 1 aliphatic rings. The Morgan fingerprint density at radius 1 is 1.00 bits per heavy atom. The third kappa shape index (κ3) is 3.18. The first-order chi connectivity index (χ1) is 10.8. The van der Waals surface area contributed by atoms with E-state index in [4.69, 9.17) is 5.26 Å². The third-order valence-corrected chi connectivity index (χ3v) is 4.54. The Bertz CT molecular complexity index is 647. The van der Waals surface area contributed by atoms with Gasteiger partial charge in [0.25, 0.3) is 0 Å². The molecule has 0 aliphatic carbocycles. The minimum absolute atomic E-state index is 0.457. The molecular weight excluding hydrogens is 270 g/mol. The summed E-state index contributed by atoms with van der Waals surface area (Å²) in [4.78, 5) is 6.71. The molecule has 0 saturated carbocycles. The number of hydrogen-bond donors (Lipinski definition) is 0. The Kier molecular flexibility index (Phi) is 4.50. The van der Waals surface area contributed by atoms with Gasteiger partial charge in [-0.3, -0.25) is 4.90 Å². The van der Waals surface area contributed by atoms with Gasteiger partial charge in [-0.2, -0.15) is 5.26 Å². The number of benzene rings is 1. The highest BCUT2D eigenvalue weighted by molar-refractivity contribution is 5.63. The monoisotopic (exact) mass is 291 g/mol. The van der Waals surface area contributed by atoms with Crippen molar-refractivity contribution in [3.63, 3.8) is 0 Å². The molecule has 1 unspecified atom stereocenters. The average Bonchev–Trinajstić information content (AvgIpc) is 2.62. The van der Waals surface area contributed by atoms with E-state index in [1.807, 2.05) is 12.1 Å². The minimum atomic E-state index is 0.457. The van der Waals surface area contributed by atoms with Gasteiger partial charge in [-0.1, -0.05) is 30.7 Å². The van der Waals surface area contributed by atoms with Gasteiger partial charge in [0.15, 0.2) is 0 Å². The molecule has 3 rings (SSSR count). The van der Waals surface area contributed by atoms with E-state index in [9.17, 15) is 0 Å². The summed E-state index contributed by atoms with van der Waals surface area (Å²) in [6, 6.07) is 15.0. The van der Waals surface area contributed by atoms with Crippen LogP contribution in [0.1, 0.15) is 43.5 Å². The van der Waals surface area contributed by atoms with Gasteiger partial charge in [0.05, 0.1) is 0 Å². The normalized spacial score (nSPS) is 16.9. The van der Waals surface area contributed by atoms with Crippen molar-refractivity contribution in [2.45, 2.75) is 32.2 Å². The molecule has 2 aromatic rings. The first-order valence-electron chi connectivity index (χ1n) is 7.98. The van der Waals surface area contributed by atoms with E-state index < -0.39 is 0 Å². The fraction of sp³-hybridized carbons (Fsp3) is 0.368. The zero-order chi connectivity index (χ0) is 15.4. The molecule has 3 nitrogen and oxygen atoms in total. The summed E-state index contributed by atoms with van der Waals surface area (Å²) in [7, 11) is 0. The SMILES string of the molecule is CC(c1ccc(-c2ccc(C#N)nc2)cc1)N1CCCCC1. The molecule has 1 saturated heterocycles. The Balaban J connectivity index is 1.75. The third-order valence-electron chi connectivity index (χ3n) is 4.54. The number of pyridine rings is 1. The van der Waals surface area contributed by atoms with E-state index in [-0.39, 0.29) is 0 Å². The second-order valence-corrected chi connectivity index (χ2v) is 5.94. The van der Waals surface area contributed by atoms with E-state index in [0.717, 1.165) is 11.1 Å². The number of likely N-dealkylation sites (tertiary alicyclic amines) is 1. The number of aromatic nitrogens is 1. The van der Waals surface area contributed by atoms with E-state index in [0.29, 0.717) is 11.7 Å². The highest BCUT2D eigenvalue weighted by Crippen LogP contribution is 2.26. The largest absolute Gasteiger partial charge is 0.297 e. The van der Waals surface area contributed by atoms with Gasteiger partial charge in [-0.15, -0.1) is 0 Å². The molecule has 112 valence electrons. The summed E-state index contributed by atoms with van der Waals surface area (Å²) < 4.78 is 0. The Labute approximate surface area is 132 Å². The topological polar surface area (TPSA) is 39.9 Å². The lowest BCUT2D eigenvalue weighted by molar-refractivity contribution is 0.175. The molecule has 1 aromatic heterocycles. The van der Waals surface area contributed by atoms with Crippen LogP contribution in [0.2, 0.25) is 0 Å². The Morgan fingerprint density at radius 3 is 2.27 bits per heavy atom. The van der Waals surface area contributed by atoms with Crippen molar-refractivity contribution in [3.8, 4) is 17.2 Å². The van der Waals surface area contributed by atoms with Crippen LogP contribution in [0.15, 0.2) is 42.6 Å². The second kappa shape index (κ2) is 6.72. The van der Waals surface area contributed by atoms with Crippen LogP contribution in [-0.4, -0.2) is 23.0 Å². The molecule has 1 atom stereocenters. The molecule has 3 heteroatoms. The fourth-order valence-corrected chi connectivity index (χ4v) is 3.10. The van der Waals surface area contributed by atoms with Crippen molar-refractivity contribution in [1.82, 2.24) is 9.88 Å². The molecule has 2 heterocycles. The Morgan fingerprint density at radius 2 is 1.68 bits per heavy atom. The van der Waals surface area contributed by atoms with Gasteiger partial charge in [0.1, 0.15) is 11.8 Å². The molecule has 0 amide bonds. The first kappa shape index (κ1) is 14.7. The summed E-state index contributed by atoms with van der Waals surface area (Å²) in [6.45, 7) is 4.72. The Hall–Kier alpha value is -2.18. The van der Waals surface area contributed by atoms with Gasteiger partial charge in [-0.05, 0) is 56.1 Å². The second-order valence-electron chi connectivity index (χ2n) is 5.94. The fourth-order valence-electron chi connectivity index (χ4n) is 3.10. The summed E-state index contributed by atoms with van der Waals surface area (Å²) >= 11 is 0. The maximum atomic E-state index is 8.80. The number of hydrogen-bond acceptors (Lipinski definition) is 3. The molecular formula is C19H21N3. The van der Waals surface area contributed by atoms with Crippen LogP contribution in [0.25, 0.3) is 11.1 Å². The molecule has 0 radical (unpaired) electrons. The van der Waals surface area contributed by atoms with Crippen LogP contribution in [0, 0.1) is 11.3 Å². The number of nitrogens with zero attached hydrogens (tertiary/aromatic N) is 3. The van der Waals surface area contributed by atoms with E-state index in [1.54, 1.807) is 12.3 Å². The summed E-state index contributed by atoms with van der Waals surface area (Å²) in [5, 5.41) is 8.80. The van der Waals surface area contributed by atoms with Gasteiger partial charge < -0.3 is 0 Å². The summed E-state index contributed by atoms with van der Waals surface area (Å²) in [6.07, 6.45) is 5.77. The lowest BCUT2D eigenvalue weighted by atomic mass is 10.00. The maximum Gasteiger partial charge on any atom is 0.140 e. The average molecular weight is 291 g/mol. The summed E-state index contributed by atoms with van der Waals surface area (Å²) in [5.74, 6) is 0. The molecule has 1 aromatic carbocycles. The predicted octanol–water partition coefficient (Wildman–Crippen LogP) is 4.17. The molecule has 1 aliphatic heterocycles. The highest BCUT2D eigenvalue weighted by Gasteiger charge is 2.17. The lowest BCUT2D eigenvalue weighted by Gasteiger charge is -2.32. The highest BCUT2D eigenvalue weighted by atomic mass is 15.2. The van der Waals surface area contributed by atoms with Crippen molar-refractivity contribution in [1.29, 1.82) is 5.26 Å². The molecule has 0 spiro atoms. The van der Waals surface area contributed by atoms with Crippen molar-refractivity contribution in [2.24, 2.45) is 0 Å². The van der Waals surface area contributed by atoms with Crippen LogP contribution >= 0.6 is 0 Å². The van der Waals surface area contributed by atoms with Crippen molar-refractivity contribution in [2.75, 3.05) is 13.1 Å². The minimum Gasteiger partial charge on any atom is -0.297 e. The zero-order valence-electron chi connectivity index (χ0n) is 13.0. The van der Waals surface area contributed by atoms with E-state index >= 15 is 0 Å². The quantitative estimate of drug-likeness (QED) is 0.852. The number of rotatable bonds is 3. The van der Waals surface area contributed by atoms with Gasteiger partial charge in [-0.25, -0.2) is 4.98 Å². The number of piperidine rings is 1. The van der Waals surface area contributed by atoms with Crippen LogP contribution < -0.4 is 0 Å². The standard InChI is InChI=1S/C19H21N3/c1-15(22-11-3-2-4-12-22)16-5-7-17(8-6-16)18-9-10-19(13-20)21-14-18/h5-10,14-15H,2-4,11-12H2,1H3. The lowest BCUT2D eigenvalue weighted by Crippen LogP contribution is -2.32. The maximum absolute atomic E-state index is 8.80. The first-order valence-corrected chi connectivity index (χ1v) is 7.98. The van der Waals surface area contributed by atoms with E-state index in [2.05, 4.69) is 41.1 Å². The van der Waals surface area contributed by atoms with Crippen molar-refractivity contribution < 1.29 is 0 Å². The van der Waals surface area contributed by atoms with Gasteiger partial charge in [0.2, 0.25) is 0 Å². The van der Waals surface area contributed by atoms with Gasteiger partial charge in [0, 0.05) is 17.8 Å². The molecule has 0 bridgehead atoms. The summed E-state index contributed by atoms with van der Waals surface area (Å²) in [5.41, 5.74) is 4.02. The van der Waals surface area contributed by atoms with Crippen LogP contribution in [0.5, 0.6) is 0 Å². The molecule has 22 heavy (non-hydrogen) atoms. The number of nitriles is 1. The van der Waals surface area contributed by atoms with E-state index in [1.165, 1.54) is 37.9 Å². The molecule has 0 N–H and O–H groups in total. The van der Waals surface area contributed by atoms with Crippen molar-refractivity contribution >= 4 is 0 Å². The smallest absolute Gasteiger partial charge is 0.140 e. The molecule has 1 fully saturated rings. The van der Waals surface area contributed by atoms with Crippen LogP contribution in [0.4, 0.5) is 0 Å². The zero-order valence-corrected chi connectivity index (χ0v) is 13.0. The van der Waals surface area contributed by atoms with Crippen LogP contribution in [-0.2, 0) is 0 Å². The van der Waals surface area contributed by atoms with Crippen molar-refractivity contribution in [3.05, 3.63) is 53.9 Å². The van der Waals surface area contributed by atoms with Crippen LogP contribution in [0.3, 0.4) is 0 Å².